The molecule has 0 unspecified atom stereocenters. The number of anilines is 3. The third-order valence-corrected chi connectivity index (χ3v) is 5.86. The first-order chi connectivity index (χ1) is 10.7. The molecule has 0 aromatic carbocycles. The molecule has 1 aliphatic heterocycles. The number of hydrogen-bond donors (Lipinski definition) is 5. The summed E-state index contributed by atoms with van der Waals surface area (Å²) in [6, 6.07) is 0. The second-order valence-electron chi connectivity index (χ2n) is 5.29. The molecule has 0 radical (unpaired) electrons. The van der Waals surface area contributed by atoms with E-state index in [1.807, 2.05) is 0 Å². The molecule has 2 heterocycles. The van der Waals surface area contributed by atoms with Crippen molar-refractivity contribution >= 4 is 25.0 Å². The molecule has 0 saturated heterocycles. The molecule has 0 amide bonds. The molecule has 0 bridgehead atoms. The normalized spacial score (nSPS) is 14.7. The van der Waals surface area contributed by atoms with Crippen LogP contribution in [-0.2, 0) is 9.30 Å². The van der Waals surface area contributed by atoms with Crippen molar-refractivity contribution in [1.82, 2.24) is 9.97 Å². The first kappa shape index (κ1) is 17.7. The summed E-state index contributed by atoms with van der Waals surface area (Å²) >= 11 is 0. The minimum absolute atomic E-state index is 0.00930. The number of nitrogens with two attached hydrogens (primary N) is 1. The number of aromatic nitrogens is 2. The second-order valence-corrected chi connectivity index (χ2v) is 7.20. The van der Waals surface area contributed by atoms with Gasteiger partial charge in [-0.2, -0.15) is 4.98 Å². The number of ether oxygens (including phenoxy) is 1. The summed E-state index contributed by atoms with van der Waals surface area (Å²) in [4.78, 5) is 39.0. The van der Waals surface area contributed by atoms with Gasteiger partial charge in [0, 0.05) is 6.54 Å². The zero-order valence-corrected chi connectivity index (χ0v) is 14.0. The van der Waals surface area contributed by atoms with Gasteiger partial charge in [0.05, 0.1) is 13.3 Å². The van der Waals surface area contributed by atoms with E-state index in [2.05, 4.69) is 15.3 Å². The Balaban J connectivity index is 2.07. The van der Waals surface area contributed by atoms with Crippen LogP contribution in [0.1, 0.15) is 26.7 Å². The highest BCUT2D eigenvalue weighted by Crippen LogP contribution is 2.55. The topological polar surface area (TPSA) is 154 Å². The quantitative estimate of drug-likeness (QED) is 0.437. The molecule has 0 atom stereocenters. The number of nitrogen functional groups attached to an aromatic ring is 1. The van der Waals surface area contributed by atoms with Gasteiger partial charge in [0.15, 0.2) is 11.2 Å². The summed E-state index contributed by atoms with van der Waals surface area (Å²) < 4.78 is 17.3. The van der Waals surface area contributed by atoms with Gasteiger partial charge in [-0.05, 0) is 12.8 Å². The Morgan fingerprint density at radius 3 is 2.65 bits per heavy atom. The minimum atomic E-state index is -4.40. The lowest BCUT2D eigenvalue weighted by Crippen LogP contribution is -2.35. The van der Waals surface area contributed by atoms with Crippen molar-refractivity contribution in [3.8, 4) is 0 Å². The molecule has 23 heavy (non-hydrogen) atoms. The Hall–Kier alpha value is -1.61. The van der Waals surface area contributed by atoms with Gasteiger partial charge in [0.25, 0.3) is 5.56 Å². The number of H-pyrrole nitrogens is 1. The lowest BCUT2D eigenvalue weighted by atomic mass is 10.2. The fourth-order valence-corrected chi connectivity index (χ4v) is 3.68. The number of nitrogens with zero attached hydrogens (tertiary/aromatic N) is 2. The lowest BCUT2D eigenvalue weighted by Gasteiger charge is -2.33. The standard InChI is InChI=1S/C12H22N5O5P/c1-3-12(4-2,23(19,20)21)22-6-5-17-7-14-8-9(17)15-11(13)16-10(8)18/h14H,3-7H2,1-2H3,(H2,19,20,21)(H3,13,15,16,18). The largest absolute Gasteiger partial charge is 0.369 e. The smallest absolute Gasteiger partial charge is 0.357 e. The van der Waals surface area contributed by atoms with E-state index in [4.69, 9.17) is 10.5 Å². The van der Waals surface area contributed by atoms with Gasteiger partial charge >= 0.3 is 7.60 Å². The highest BCUT2D eigenvalue weighted by Gasteiger charge is 2.45. The van der Waals surface area contributed by atoms with Crippen LogP contribution in [-0.4, -0.2) is 44.9 Å². The van der Waals surface area contributed by atoms with Crippen molar-refractivity contribution in [2.75, 3.05) is 35.8 Å². The maximum absolute atomic E-state index is 11.7. The van der Waals surface area contributed by atoms with Gasteiger partial charge in [-0.1, -0.05) is 13.8 Å². The fourth-order valence-electron chi connectivity index (χ4n) is 2.60. The summed E-state index contributed by atoms with van der Waals surface area (Å²) in [6.45, 7) is 4.10. The second kappa shape index (κ2) is 6.48. The van der Waals surface area contributed by atoms with Crippen LogP contribution in [0.4, 0.5) is 17.5 Å². The molecular weight excluding hydrogens is 325 g/mol. The van der Waals surface area contributed by atoms with Crippen molar-refractivity contribution in [3.63, 3.8) is 0 Å². The maximum Gasteiger partial charge on any atom is 0.357 e. The third-order valence-electron chi connectivity index (χ3n) is 4.03. The molecule has 11 heteroatoms. The van der Waals surface area contributed by atoms with Crippen LogP contribution in [0.15, 0.2) is 4.79 Å². The maximum atomic E-state index is 11.7. The molecule has 0 saturated carbocycles. The van der Waals surface area contributed by atoms with Crippen LogP contribution in [0.25, 0.3) is 0 Å². The van der Waals surface area contributed by atoms with Gasteiger partial charge in [0.2, 0.25) is 5.95 Å². The van der Waals surface area contributed by atoms with E-state index in [1.165, 1.54) is 0 Å². The van der Waals surface area contributed by atoms with Crippen molar-refractivity contribution < 1.29 is 19.1 Å². The summed E-state index contributed by atoms with van der Waals surface area (Å²) in [6.07, 6.45) is 0.404. The third kappa shape index (κ3) is 3.35. The van der Waals surface area contributed by atoms with Crippen LogP contribution < -0.4 is 21.5 Å². The number of rotatable bonds is 7. The Morgan fingerprint density at radius 1 is 1.43 bits per heavy atom. The summed E-state index contributed by atoms with van der Waals surface area (Å²) in [5, 5.41) is 1.42. The highest BCUT2D eigenvalue weighted by molar-refractivity contribution is 7.53. The lowest BCUT2D eigenvalue weighted by molar-refractivity contribution is -0.00265. The summed E-state index contributed by atoms with van der Waals surface area (Å²) in [5.41, 5.74) is 5.50. The van der Waals surface area contributed by atoms with Crippen molar-refractivity contribution in [2.24, 2.45) is 0 Å². The number of nitrogens with one attached hydrogen (secondary N) is 2. The molecule has 1 aromatic rings. The van der Waals surface area contributed by atoms with E-state index in [0.717, 1.165) is 0 Å². The molecular formula is C12H22N5O5P. The van der Waals surface area contributed by atoms with E-state index >= 15 is 0 Å². The average Bonchev–Trinajstić information content (AvgIpc) is 2.86. The molecule has 0 aliphatic carbocycles. The average molecular weight is 347 g/mol. The highest BCUT2D eigenvalue weighted by atomic mass is 31.2. The van der Waals surface area contributed by atoms with Crippen LogP contribution >= 0.6 is 7.60 Å². The van der Waals surface area contributed by atoms with E-state index < -0.39 is 12.9 Å². The predicted octanol–water partition coefficient (Wildman–Crippen LogP) is 0.252. The van der Waals surface area contributed by atoms with Crippen LogP contribution in [0.2, 0.25) is 0 Å². The zero-order valence-electron chi connectivity index (χ0n) is 13.1. The van der Waals surface area contributed by atoms with Crippen molar-refractivity contribution in [2.45, 2.75) is 32.0 Å². The van der Waals surface area contributed by atoms with Crippen LogP contribution in [0.5, 0.6) is 0 Å². The molecule has 0 fully saturated rings. The fraction of sp³-hybridized carbons (Fsp3) is 0.667. The first-order valence-electron chi connectivity index (χ1n) is 7.32. The van der Waals surface area contributed by atoms with E-state index in [0.29, 0.717) is 24.7 Å². The molecule has 1 aromatic heterocycles. The summed E-state index contributed by atoms with van der Waals surface area (Å²) in [7, 11) is -4.40. The molecule has 130 valence electrons. The molecule has 10 nitrogen and oxygen atoms in total. The first-order valence-corrected chi connectivity index (χ1v) is 8.93. The van der Waals surface area contributed by atoms with E-state index in [9.17, 15) is 19.1 Å². The monoisotopic (exact) mass is 347 g/mol. The van der Waals surface area contributed by atoms with Gasteiger partial charge in [-0.15, -0.1) is 0 Å². The number of fused-ring (bicyclic) bond motifs is 1. The van der Waals surface area contributed by atoms with Gasteiger partial charge in [-0.25, -0.2) is 0 Å². The number of hydrogen-bond acceptors (Lipinski definition) is 7. The SMILES string of the molecule is CCC(CC)(OCCN1CNc2c1nc(N)[nH]c2=O)P(=O)(O)O. The van der Waals surface area contributed by atoms with Crippen molar-refractivity contribution in [1.29, 1.82) is 0 Å². The van der Waals surface area contributed by atoms with Crippen LogP contribution in [0.3, 0.4) is 0 Å². The minimum Gasteiger partial charge on any atom is -0.369 e. The molecule has 6 N–H and O–H groups in total. The Labute approximate surface area is 133 Å². The zero-order chi connectivity index (χ0) is 17.3. The van der Waals surface area contributed by atoms with Crippen LogP contribution in [0, 0.1) is 0 Å². The molecule has 2 rings (SSSR count). The summed E-state index contributed by atoms with van der Waals surface area (Å²) in [5.74, 6) is 0.416. The Morgan fingerprint density at radius 2 is 2.09 bits per heavy atom. The Kier molecular flexibility index (Phi) is 5.00. The number of aromatic amines is 1. The van der Waals surface area contributed by atoms with E-state index in [1.54, 1.807) is 18.7 Å². The van der Waals surface area contributed by atoms with Gasteiger partial charge in [-0.3, -0.25) is 14.3 Å². The van der Waals surface area contributed by atoms with E-state index in [-0.39, 0.29) is 31.0 Å². The van der Waals surface area contributed by atoms with Gasteiger partial charge in [0.1, 0.15) is 5.69 Å². The Bertz CT molecular complexity index is 668. The molecule has 1 aliphatic rings. The van der Waals surface area contributed by atoms with Gasteiger partial charge < -0.3 is 30.5 Å². The molecule has 0 spiro atoms. The van der Waals surface area contributed by atoms with Crippen molar-refractivity contribution in [3.05, 3.63) is 10.4 Å². The predicted molar refractivity (Wildman–Crippen MR) is 86.4 cm³/mol.